The fraction of sp³-hybridized carbons (Fsp3) is 0.653. The molecule has 6 rings (SSSR count). The van der Waals surface area contributed by atoms with Gasteiger partial charge in [-0.1, -0.05) is 52.8 Å². The molecule has 3 aromatic rings. The topological polar surface area (TPSA) is 178 Å². The lowest BCUT2D eigenvalue weighted by atomic mass is 9.72. The summed E-state index contributed by atoms with van der Waals surface area (Å²) in [7, 11) is 5.27. The third-order valence-corrected chi connectivity index (χ3v) is 14.2. The number of ketones is 2. The van der Waals surface area contributed by atoms with Crippen molar-refractivity contribution in [3.63, 3.8) is 0 Å². The number of fused-ring (bicyclic) bond motifs is 2. The van der Waals surface area contributed by atoms with E-state index in [1.54, 1.807) is 55.5 Å². The number of hydrogen-bond acceptors (Lipinski definition) is 14. The van der Waals surface area contributed by atoms with Crippen molar-refractivity contribution >= 4 is 40.8 Å². The molecule has 3 saturated heterocycles. The first-order valence-electron chi connectivity index (χ1n) is 23.2. The SMILES string of the molecule is CC[C@H]1OC(=O)[C@H](C)C(=O)[C@H](C)[C@@H](OC2O[C@H](C)C[C@H](N(C)C)[C@H]2OC(=O)c2ccccc2)[C@](C)(OC)C[C@@H](C)C(=O)[C@H](C)[C@H]2N(CCCCn3cnc4cccnc43)C(=O)O[C@]12CC. The van der Waals surface area contributed by atoms with Crippen molar-refractivity contribution in [2.75, 3.05) is 27.7 Å². The normalized spacial score (nSPS) is 34.0. The molecular formula is C49H69N5O11. The molecular weight excluding hydrogens is 835 g/mol. The van der Waals surface area contributed by atoms with Gasteiger partial charge in [0.2, 0.25) is 0 Å². The molecule has 3 aliphatic rings. The van der Waals surface area contributed by atoms with Crippen molar-refractivity contribution < 1.29 is 52.4 Å². The molecule has 0 aliphatic carbocycles. The zero-order chi connectivity index (χ0) is 47.4. The minimum Gasteiger partial charge on any atom is -0.457 e. The van der Waals surface area contributed by atoms with Crippen molar-refractivity contribution in [2.45, 2.75) is 154 Å². The number of unbranched alkanes of at least 4 members (excludes halogenated alkanes) is 1. The third kappa shape index (κ3) is 10.2. The Morgan fingerprint density at radius 3 is 2.29 bits per heavy atom. The Morgan fingerprint density at radius 1 is 0.923 bits per heavy atom. The fourth-order valence-corrected chi connectivity index (χ4v) is 10.5. The first-order chi connectivity index (χ1) is 30.9. The van der Waals surface area contributed by atoms with E-state index in [-0.39, 0.29) is 43.7 Å². The van der Waals surface area contributed by atoms with Gasteiger partial charge in [0, 0.05) is 44.1 Å². The molecule has 0 spiro atoms. The lowest BCUT2D eigenvalue weighted by Gasteiger charge is -2.48. The maximum atomic E-state index is 15.0. The molecule has 3 fully saturated rings. The summed E-state index contributed by atoms with van der Waals surface area (Å²) in [5.74, 6) is -5.76. The highest BCUT2D eigenvalue weighted by Gasteiger charge is 2.62. The zero-order valence-electron chi connectivity index (χ0n) is 39.9. The molecule has 1 aromatic carbocycles. The Balaban J connectivity index is 1.34. The second kappa shape index (κ2) is 20.8. The molecule has 0 bridgehead atoms. The number of aryl methyl sites for hydroxylation is 1. The lowest BCUT2D eigenvalue weighted by molar-refractivity contribution is -0.294. The Hall–Kier alpha value is -4.77. The van der Waals surface area contributed by atoms with Crippen LogP contribution in [0.5, 0.6) is 0 Å². The van der Waals surface area contributed by atoms with Gasteiger partial charge in [-0.2, -0.15) is 0 Å². The van der Waals surface area contributed by atoms with Crippen LogP contribution in [0.1, 0.15) is 104 Å². The van der Waals surface area contributed by atoms with Crippen LogP contribution in [0.25, 0.3) is 11.2 Å². The maximum Gasteiger partial charge on any atom is 0.410 e. The molecule has 2 aromatic heterocycles. The number of carbonyl (C=O) groups is 5. The van der Waals surface area contributed by atoms with Crippen LogP contribution in [0.15, 0.2) is 55.0 Å². The molecule has 1 amide bonds. The Bertz CT molecular complexity index is 2150. The maximum absolute atomic E-state index is 15.0. The van der Waals surface area contributed by atoms with E-state index >= 15 is 4.79 Å². The predicted molar refractivity (Wildman–Crippen MR) is 241 cm³/mol. The summed E-state index contributed by atoms with van der Waals surface area (Å²) in [4.78, 5) is 84.3. The number of benzene rings is 1. The molecule has 16 heteroatoms. The smallest absolute Gasteiger partial charge is 0.410 e. The van der Waals surface area contributed by atoms with Gasteiger partial charge >= 0.3 is 18.0 Å². The summed E-state index contributed by atoms with van der Waals surface area (Å²) in [5, 5.41) is 0. The molecule has 0 N–H and O–H groups in total. The summed E-state index contributed by atoms with van der Waals surface area (Å²) >= 11 is 0. The Morgan fingerprint density at radius 2 is 1.63 bits per heavy atom. The number of Topliss-reactive ketones (excluding diaryl/α,β-unsaturated/α-hetero) is 2. The summed E-state index contributed by atoms with van der Waals surface area (Å²) < 4.78 is 40.5. The number of pyridine rings is 1. The summed E-state index contributed by atoms with van der Waals surface area (Å²) in [6.45, 7) is 15.1. The van der Waals surface area contributed by atoms with Crippen LogP contribution >= 0.6 is 0 Å². The number of hydrogen-bond donors (Lipinski definition) is 0. The fourth-order valence-electron chi connectivity index (χ4n) is 10.5. The van der Waals surface area contributed by atoms with Crippen LogP contribution in [0.4, 0.5) is 4.79 Å². The highest BCUT2D eigenvalue weighted by Crippen LogP contribution is 2.45. The minimum atomic E-state index is -1.39. The second-order valence-corrected chi connectivity index (χ2v) is 18.7. The number of rotatable bonds is 13. The van der Waals surface area contributed by atoms with E-state index in [9.17, 15) is 19.2 Å². The molecule has 1 unspecified atom stereocenters. The van der Waals surface area contributed by atoms with Crippen LogP contribution in [0.2, 0.25) is 0 Å². The standard InChI is InChI=1S/C49H69N5O11/c1-12-37-49(13-2)41(54(47(59)65-49)25-18-17-24-53-28-51-35-22-19-23-50-43(35)53)31(5)38(55)29(3)27-48(8,60-11)42(32(6)39(56)33(7)44(57)62-37)64-46-40(36(52(9)10)26-30(4)61-46)63-45(58)34-20-15-14-16-21-34/h14-16,19-23,28-33,36-37,40-42,46H,12-13,17-18,24-27H2,1-11H3/t29-,30-,31+,32+,33-,36+,37-,40-,41-,42-,46?,48-,49-/m1/s1. The van der Waals surface area contributed by atoms with Gasteiger partial charge in [-0.25, -0.2) is 19.6 Å². The average Bonchev–Trinajstić information content (AvgIpc) is 3.85. The third-order valence-electron chi connectivity index (χ3n) is 14.2. The van der Waals surface area contributed by atoms with Crippen molar-refractivity contribution in [2.24, 2.45) is 23.7 Å². The van der Waals surface area contributed by atoms with Gasteiger partial charge in [0.05, 0.1) is 41.8 Å². The van der Waals surface area contributed by atoms with Crippen LogP contribution in [0.3, 0.4) is 0 Å². The summed E-state index contributed by atoms with van der Waals surface area (Å²) in [5.41, 5.74) is -0.815. The molecule has 13 atom stereocenters. The van der Waals surface area contributed by atoms with Gasteiger partial charge in [0.1, 0.15) is 23.3 Å². The van der Waals surface area contributed by atoms with Crippen molar-refractivity contribution in [3.8, 4) is 0 Å². The van der Waals surface area contributed by atoms with Crippen LogP contribution in [-0.2, 0) is 49.3 Å². The molecule has 356 valence electrons. The molecule has 0 saturated carbocycles. The molecule has 16 nitrogen and oxygen atoms in total. The van der Waals surface area contributed by atoms with E-state index in [1.807, 2.05) is 76.4 Å². The van der Waals surface area contributed by atoms with Gasteiger partial charge in [0.15, 0.2) is 29.4 Å². The van der Waals surface area contributed by atoms with Crippen molar-refractivity contribution in [1.82, 2.24) is 24.3 Å². The van der Waals surface area contributed by atoms with E-state index in [0.717, 1.165) is 11.2 Å². The van der Waals surface area contributed by atoms with E-state index in [4.69, 9.17) is 28.4 Å². The summed E-state index contributed by atoms with van der Waals surface area (Å²) in [6.07, 6.45) is 0.714. The van der Waals surface area contributed by atoms with E-state index in [0.29, 0.717) is 31.4 Å². The molecule has 5 heterocycles. The minimum absolute atomic E-state index is 0.0897. The molecule has 65 heavy (non-hydrogen) atoms. The van der Waals surface area contributed by atoms with E-state index in [2.05, 4.69) is 9.97 Å². The number of amides is 1. The number of likely N-dealkylation sites (N-methyl/N-ethyl adjacent to an activating group) is 1. The number of carbonyl (C=O) groups excluding carboxylic acids is 5. The number of methoxy groups -OCH3 is 1. The molecule has 0 radical (unpaired) electrons. The van der Waals surface area contributed by atoms with Crippen LogP contribution in [-0.4, -0.2) is 136 Å². The first kappa shape index (κ1) is 49.7. The number of aromatic nitrogens is 3. The van der Waals surface area contributed by atoms with Gasteiger partial charge in [-0.05, 0) is 97.7 Å². The lowest BCUT2D eigenvalue weighted by Crippen LogP contribution is -2.61. The number of esters is 2. The number of nitrogens with zero attached hydrogens (tertiary/aromatic N) is 5. The first-order valence-corrected chi connectivity index (χ1v) is 23.2. The van der Waals surface area contributed by atoms with E-state index in [1.165, 1.54) is 14.0 Å². The van der Waals surface area contributed by atoms with Gasteiger partial charge < -0.3 is 42.8 Å². The van der Waals surface area contributed by atoms with Crippen LogP contribution in [0, 0.1) is 23.7 Å². The van der Waals surface area contributed by atoms with Gasteiger partial charge in [0.25, 0.3) is 0 Å². The van der Waals surface area contributed by atoms with Gasteiger partial charge in [-0.15, -0.1) is 0 Å². The Kier molecular flexibility index (Phi) is 15.9. The predicted octanol–water partition coefficient (Wildman–Crippen LogP) is 6.67. The highest BCUT2D eigenvalue weighted by molar-refractivity contribution is 6.00. The summed E-state index contributed by atoms with van der Waals surface area (Å²) in [6, 6.07) is 11.2. The van der Waals surface area contributed by atoms with Crippen molar-refractivity contribution in [1.29, 1.82) is 0 Å². The van der Waals surface area contributed by atoms with Gasteiger partial charge in [-0.3, -0.25) is 14.4 Å². The highest BCUT2D eigenvalue weighted by atomic mass is 16.7. The van der Waals surface area contributed by atoms with Crippen LogP contribution < -0.4 is 0 Å². The van der Waals surface area contributed by atoms with Crippen molar-refractivity contribution in [3.05, 3.63) is 60.6 Å². The van der Waals surface area contributed by atoms with E-state index < -0.39 is 89.3 Å². The number of ether oxygens (including phenoxy) is 6. The number of cyclic esters (lactones) is 1. The number of imidazole rings is 1. The largest absolute Gasteiger partial charge is 0.457 e. The average molecular weight is 904 g/mol. The zero-order valence-corrected chi connectivity index (χ0v) is 39.9. The quantitative estimate of drug-likeness (QED) is 0.0769. The Labute approximate surface area is 383 Å². The molecule has 3 aliphatic heterocycles. The monoisotopic (exact) mass is 903 g/mol. The second-order valence-electron chi connectivity index (χ2n) is 18.7.